The molecule has 0 spiro atoms. The third kappa shape index (κ3) is 1.60. The molecule has 1 aliphatic rings. The molecule has 0 saturated carbocycles. The lowest BCUT2D eigenvalue weighted by molar-refractivity contribution is 0.223. The van der Waals surface area contributed by atoms with Gasteiger partial charge in [0, 0.05) is 0 Å². The number of hydrogen-bond donors (Lipinski definition) is 1. The Kier molecular flexibility index (Phi) is 1.86. The van der Waals surface area contributed by atoms with Crippen LogP contribution in [-0.4, -0.2) is 11.2 Å². The van der Waals surface area contributed by atoms with Gasteiger partial charge in [-0.1, -0.05) is 32.4 Å². The summed E-state index contributed by atoms with van der Waals surface area (Å²) >= 11 is 0. The monoisotopic (exact) mass is 140 g/mol. The van der Waals surface area contributed by atoms with E-state index in [1.54, 1.807) is 0 Å². The Hall–Kier alpha value is -0.300. The summed E-state index contributed by atoms with van der Waals surface area (Å²) in [5.74, 6) is 0. The standard InChI is InChI=1S/C9H16O/c1-9(2,3)7-4-5-8(10)6-7/h6,8,10H,4-5H2,1-3H3. The fourth-order valence-electron chi connectivity index (χ4n) is 1.33. The Morgan fingerprint density at radius 1 is 1.50 bits per heavy atom. The predicted octanol–water partition coefficient (Wildman–Crippen LogP) is 2.11. The van der Waals surface area contributed by atoms with Crippen molar-refractivity contribution >= 4 is 0 Å². The van der Waals surface area contributed by atoms with Gasteiger partial charge in [-0.3, -0.25) is 0 Å². The molecule has 0 aromatic heterocycles. The minimum Gasteiger partial charge on any atom is -0.389 e. The van der Waals surface area contributed by atoms with Crippen LogP contribution >= 0.6 is 0 Å². The molecule has 0 radical (unpaired) electrons. The Labute approximate surface area is 62.8 Å². The van der Waals surface area contributed by atoms with E-state index in [9.17, 15) is 5.11 Å². The maximum atomic E-state index is 9.19. The summed E-state index contributed by atoms with van der Waals surface area (Å²) in [5, 5.41) is 9.19. The topological polar surface area (TPSA) is 20.2 Å². The van der Waals surface area contributed by atoms with Crippen LogP contribution in [0.4, 0.5) is 0 Å². The Balaban J connectivity index is 2.67. The average molecular weight is 140 g/mol. The Bertz CT molecular complexity index is 151. The molecule has 0 bridgehead atoms. The molecular formula is C9H16O. The van der Waals surface area contributed by atoms with Crippen LogP contribution in [0.15, 0.2) is 11.6 Å². The number of allylic oxidation sites excluding steroid dienone is 1. The summed E-state index contributed by atoms with van der Waals surface area (Å²) in [4.78, 5) is 0. The molecule has 1 N–H and O–H groups in total. The fraction of sp³-hybridized carbons (Fsp3) is 0.778. The highest BCUT2D eigenvalue weighted by molar-refractivity contribution is 5.17. The number of aliphatic hydroxyl groups is 1. The molecule has 1 rings (SSSR count). The second-order valence-electron chi connectivity index (χ2n) is 4.05. The van der Waals surface area contributed by atoms with E-state index in [1.807, 2.05) is 6.08 Å². The van der Waals surface area contributed by atoms with Crippen molar-refractivity contribution in [3.8, 4) is 0 Å². The first-order chi connectivity index (χ1) is 4.50. The number of rotatable bonds is 0. The van der Waals surface area contributed by atoms with Crippen LogP contribution in [-0.2, 0) is 0 Å². The minimum atomic E-state index is -0.172. The zero-order chi connectivity index (χ0) is 7.78. The van der Waals surface area contributed by atoms with Crippen molar-refractivity contribution in [1.82, 2.24) is 0 Å². The molecule has 1 aliphatic carbocycles. The maximum Gasteiger partial charge on any atom is 0.0726 e. The first kappa shape index (κ1) is 7.80. The second kappa shape index (κ2) is 2.39. The van der Waals surface area contributed by atoms with E-state index in [4.69, 9.17) is 0 Å². The number of hydrogen-bond acceptors (Lipinski definition) is 1. The van der Waals surface area contributed by atoms with E-state index in [2.05, 4.69) is 20.8 Å². The predicted molar refractivity (Wildman–Crippen MR) is 42.8 cm³/mol. The van der Waals surface area contributed by atoms with Gasteiger partial charge in [0.1, 0.15) is 0 Å². The van der Waals surface area contributed by atoms with E-state index in [0.717, 1.165) is 12.8 Å². The third-order valence-corrected chi connectivity index (χ3v) is 2.07. The van der Waals surface area contributed by atoms with Gasteiger partial charge in [0.25, 0.3) is 0 Å². The molecule has 0 heterocycles. The maximum absolute atomic E-state index is 9.19. The highest BCUT2D eigenvalue weighted by Gasteiger charge is 2.22. The molecule has 0 aliphatic heterocycles. The highest BCUT2D eigenvalue weighted by Crippen LogP contribution is 2.33. The SMILES string of the molecule is CC(C)(C)C1=CC(O)CC1. The van der Waals surface area contributed by atoms with E-state index in [-0.39, 0.29) is 11.5 Å². The summed E-state index contributed by atoms with van der Waals surface area (Å²) < 4.78 is 0. The van der Waals surface area contributed by atoms with Crippen LogP contribution in [0.5, 0.6) is 0 Å². The smallest absolute Gasteiger partial charge is 0.0726 e. The van der Waals surface area contributed by atoms with Crippen LogP contribution in [0, 0.1) is 5.41 Å². The summed E-state index contributed by atoms with van der Waals surface area (Å²) in [6.45, 7) is 6.57. The molecule has 0 amide bonds. The van der Waals surface area contributed by atoms with Crippen molar-refractivity contribution in [1.29, 1.82) is 0 Å². The quantitative estimate of drug-likeness (QED) is 0.511. The summed E-state index contributed by atoms with van der Waals surface area (Å²) in [7, 11) is 0. The van der Waals surface area contributed by atoms with Gasteiger partial charge in [0.2, 0.25) is 0 Å². The minimum absolute atomic E-state index is 0.172. The second-order valence-corrected chi connectivity index (χ2v) is 4.05. The molecular weight excluding hydrogens is 124 g/mol. The Morgan fingerprint density at radius 3 is 2.30 bits per heavy atom. The molecule has 1 atom stereocenters. The van der Waals surface area contributed by atoms with Crippen LogP contribution in [0.3, 0.4) is 0 Å². The molecule has 1 unspecified atom stereocenters. The summed E-state index contributed by atoms with van der Waals surface area (Å²) in [6.07, 6.45) is 3.83. The first-order valence-corrected chi connectivity index (χ1v) is 3.89. The lowest BCUT2D eigenvalue weighted by atomic mass is 9.86. The molecule has 10 heavy (non-hydrogen) atoms. The van der Waals surface area contributed by atoms with Gasteiger partial charge < -0.3 is 5.11 Å². The molecule has 0 saturated heterocycles. The van der Waals surface area contributed by atoms with Crippen LogP contribution in [0.25, 0.3) is 0 Å². The lowest BCUT2D eigenvalue weighted by Crippen LogP contribution is -2.06. The van der Waals surface area contributed by atoms with Crippen molar-refractivity contribution < 1.29 is 5.11 Å². The van der Waals surface area contributed by atoms with E-state index < -0.39 is 0 Å². The number of aliphatic hydroxyl groups excluding tert-OH is 1. The summed E-state index contributed by atoms with van der Waals surface area (Å²) in [6, 6.07) is 0. The van der Waals surface area contributed by atoms with Crippen molar-refractivity contribution in [2.45, 2.75) is 39.7 Å². The highest BCUT2D eigenvalue weighted by atomic mass is 16.3. The van der Waals surface area contributed by atoms with Gasteiger partial charge in [-0.25, -0.2) is 0 Å². The van der Waals surface area contributed by atoms with Gasteiger partial charge in [0.05, 0.1) is 6.10 Å². The molecule has 0 aromatic rings. The molecule has 1 heteroatoms. The zero-order valence-corrected chi connectivity index (χ0v) is 7.02. The van der Waals surface area contributed by atoms with Crippen LogP contribution in [0.1, 0.15) is 33.6 Å². The van der Waals surface area contributed by atoms with E-state index in [0.29, 0.717) is 0 Å². The van der Waals surface area contributed by atoms with Gasteiger partial charge >= 0.3 is 0 Å². The van der Waals surface area contributed by atoms with Crippen molar-refractivity contribution in [2.24, 2.45) is 5.41 Å². The molecule has 1 nitrogen and oxygen atoms in total. The molecule has 0 aromatic carbocycles. The van der Waals surface area contributed by atoms with Gasteiger partial charge in [-0.05, 0) is 18.3 Å². The molecule has 0 fully saturated rings. The van der Waals surface area contributed by atoms with Crippen LogP contribution in [0.2, 0.25) is 0 Å². The Morgan fingerprint density at radius 2 is 2.10 bits per heavy atom. The lowest BCUT2D eigenvalue weighted by Gasteiger charge is -2.19. The third-order valence-electron chi connectivity index (χ3n) is 2.07. The van der Waals surface area contributed by atoms with Crippen molar-refractivity contribution in [3.05, 3.63) is 11.6 Å². The summed E-state index contributed by atoms with van der Waals surface area (Å²) in [5.41, 5.74) is 1.66. The van der Waals surface area contributed by atoms with Crippen molar-refractivity contribution in [2.75, 3.05) is 0 Å². The van der Waals surface area contributed by atoms with Gasteiger partial charge in [0.15, 0.2) is 0 Å². The van der Waals surface area contributed by atoms with E-state index >= 15 is 0 Å². The first-order valence-electron chi connectivity index (χ1n) is 3.89. The molecule has 58 valence electrons. The van der Waals surface area contributed by atoms with Crippen molar-refractivity contribution in [3.63, 3.8) is 0 Å². The zero-order valence-electron chi connectivity index (χ0n) is 7.02. The largest absolute Gasteiger partial charge is 0.389 e. The van der Waals surface area contributed by atoms with E-state index in [1.165, 1.54) is 5.57 Å². The van der Waals surface area contributed by atoms with Crippen LogP contribution < -0.4 is 0 Å². The normalized spacial score (nSPS) is 26.8. The van der Waals surface area contributed by atoms with Gasteiger partial charge in [-0.2, -0.15) is 0 Å². The van der Waals surface area contributed by atoms with Gasteiger partial charge in [-0.15, -0.1) is 0 Å². The fourth-order valence-corrected chi connectivity index (χ4v) is 1.33. The average Bonchev–Trinajstić information content (AvgIpc) is 2.11.